The van der Waals surface area contributed by atoms with Crippen molar-refractivity contribution in [1.29, 1.82) is 0 Å². The van der Waals surface area contributed by atoms with Crippen LogP contribution in [0.5, 0.6) is 0 Å². The minimum atomic E-state index is -0.192. The maximum Gasteiger partial charge on any atom is 0.321 e. The lowest BCUT2D eigenvalue weighted by Crippen LogP contribution is -2.49. The monoisotopic (exact) mass is 413 g/mol. The average Bonchev–Trinajstić information content (AvgIpc) is 3.20. The van der Waals surface area contributed by atoms with Crippen LogP contribution >= 0.6 is 0 Å². The summed E-state index contributed by atoms with van der Waals surface area (Å²) in [6, 6.07) is 7.00. The Morgan fingerprint density at radius 2 is 1.87 bits per heavy atom. The van der Waals surface area contributed by atoms with E-state index in [2.05, 4.69) is 17.6 Å². The summed E-state index contributed by atoms with van der Waals surface area (Å²) in [5.41, 5.74) is 1.41. The highest BCUT2D eigenvalue weighted by atomic mass is 16.2. The molecule has 4 rings (SSSR count). The van der Waals surface area contributed by atoms with Crippen LogP contribution in [0.15, 0.2) is 24.3 Å². The molecular formula is C22H31N5O3. The lowest BCUT2D eigenvalue weighted by atomic mass is 9.93. The number of amides is 5. The van der Waals surface area contributed by atoms with Crippen LogP contribution in [0.4, 0.5) is 21.0 Å². The van der Waals surface area contributed by atoms with E-state index in [1.54, 1.807) is 9.80 Å². The van der Waals surface area contributed by atoms with Crippen LogP contribution in [0.1, 0.15) is 32.6 Å². The summed E-state index contributed by atoms with van der Waals surface area (Å²) >= 11 is 0. The first kappa shape index (κ1) is 20.5. The molecule has 0 aromatic heterocycles. The molecule has 2 N–H and O–H groups in total. The van der Waals surface area contributed by atoms with Gasteiger partial charge in [-0.05, 0) is 49.8 Å². The molecule has 1 aromatic rings. The first-order chi connectivity index (χ1) is 14.5. The predicted molar refractivity (Wildman–Crippen MR) is 115 cm³/mol. The summed E-state index contributed by atoms with van der Waals surface area (Å²) in [4.78, 5) is 43.1. The third-order valence-corrected chi connectivity index (χ3v) is 6.42. The topological polar surface area (TPSA) is 85.0 Å². The Morgan fingerprint density at radius 3 is 2.60 bits per heavy atom. The standard InChI is InChI=1S/C22H31N5O3/c1-16-7-11-25(12-8-16)20(28)17-4-3-10-26(15-17)22(30)24-18-5-2-6-19(14-18)27-13-9-23-21(27)29/h2,5-6,14,16-17H,3-4,7-13,15H2,1H3,(H,23,29)(H,24,30). The number of hydrogen-bond donors (Lipinski definition) is 2. The van der Waals surface area contributed by atoms with Crippen molar-refractivity contribution in [2.75, 3.05) is 49.5 Å². The van der Waals surface area contributed by atoms with Gasteiger partial charge in [-0.25, -0.2) is 9.59 Å². The van der Waals surface area contributed by atoms with E-state index >= 15 is 0 Å². The molecule has 3 saturated heterocycles. The second-order valence-corrected chi connectivity index (χ2v) is 8.66. The first-order valence-corrected chi connectivity index (χ1v) is 11.0. The smallest absolute Gasteiger partial charge is 0.321 e. The van der Waals surface area contributed by atoms with Crippen molar-refractivity contribution in [3.8, 4) is 0 Å². The number of carbonyl (C=O) groups excluding carboxylic acids is 3. The van der Waals surface area contributed by atoms with Crippen LogP contribution < -0.4 is 15.5 Å². The molecule has 30 heavy (non-hydrogen) atoms. The number of rotatable bonds is 3. The van der Waals surface area contributed by atoms with Gasteiger partial charge in [0, 0.05) is 50.6 Å². The molecular weight excluding hydrogens is 382 g/mol. The summed E-state index contributed by atoms with van der Waals surface area (Å²) in [6.45, 7) is 6.25. The maximum absolute atomic E-state index is 12.9. The Morgan fingerprint density at radius 1 is 1.07 bits per heavy atom. The van der Waals surface area contributed by atoms with Gasteiger partial charge in [0.2, 0.25) is 5.91 Å². The van der Waals surface area contributed by atoms with E-state index in [9.17, 15) is 14.4 Å². The van der Waals surface area contributed by atoms with Crippen LogP contribution in [0.3, 0.4) is 0 Å². The minimum absolute atomic E-state index is 0.113. The molecule has 3 heterocycles. The third-order valence-electron chi connectivity index (χ3n) is 6.42. The average molecular weight is 414 g/mol. The summed E-state index contributed by atoms with van der Waals surface area (Å²) < 4.78 is 0. The number of likely N-dealkylation sites (tertiary alicyclic amines) is 2. The van der Waals surface area contributed by atoms with Crippen molar-refractivity contribution >= 4 is 29.3 Å². The first-order valence-electron chi connectivity index (χ1n) is 11.0. The molecule has 8 heteroatoms. The molecule has 1 atom stereocenters. The molecule has 0 spiro atoms. The Balaban J connectivity index is 1.35. The largest absolute Gasteiger partial charge is 0.342 e. The predicted octanol–water partition coefficient (Wildman–Crippen LogP) is 2.72. The fourth-order valence-corrected chi connectivity index (χ4v) is 4.52. The summed E-state index contributed by atoms with van der Waals surface area (Å²) in [6.07, 6.45) is 3.80. The Labute approximate surface area is 177 Å². The molecule has 3 fully saturated rings. The van der Waals surface area contributed by atoms with Gasteiger partial charge in [-0.3, -0.25) is 9.69 Å². The Kier molecular flexibility index (Phi) is 6.11. The van der Waals surface area contributed by atoms with Crippen LogP contribution in [0, 0.1) is 11.8 Å². The van der Waals surface area contributed by atoms with Crippen LogP contribution in [0.25, 0.3) is 0 Å². The zero-order valence-corrected chi connectivity index (χ0v) is 17.6. The van der Waals surface area contributed by atoms with Gasteiger partial charge in [-0.15, -0.1) is 0 Å². The Hall–Kier alpha value is -2.77. The van der Waals surface area contributed by atoms with Crippen LogP contribution in [-0.4, -0.2) is 67.0 Å². The Bertz CT molecular complexity index is 806. The van der Waals surface area contributed by atoms with Gasteiger partial charge in [0.15, 0.2) is 0 Å². The number of urea groups is 2. The van der Waals surface area contributed by atoms with E-state index in [1.165, 1.54) is 0 Å². The van der Waals surface area contributed by atoms with Crippen molar-refractivity contribution in [2.24, 2.45) is 11.8 Å². The highest BCUT2D eigenvalue weighted by Gasteiger charge is 2.32. The molecule has 3 aliphatic heterocycles. The lowest BCUT2D eigenvalue weighted by Gasteiger charge is -2.37. The third kappa shape index (κ3) is 4.52. The van der Waals surface area contributed by atoms with Crippen molar-refractivity contribution in [3.63, 3.8) is 0 Å². The highest BCUT2D eigenvalue weighted by molar-refractivity contribution is 5.96. The molecule has 162 valence electrons. The van der Waals surface area contributed by atoms with Gasteiger partial charge in [0.25, 0.3) is 0 Å². The van der Waals surface area contributed by atoms with Crippen molar-refractivity contribution in [1.82, 2.24) is 15.1 Å². The number of nitrogens with zero attached hydrogens (tertiary/aromatic N) is 3. The maximum atomic E-state index is 12.9. The van der Waals surface area contributed by atoms with E-state index < -0.39 is 0 Å². The fraction of sp³-hybridized carbons (Fsp3) is 0.591. The number of nitrogens with one attached hydrogen (secondary N) is 2. The van der Waals surface area contributed by atoms with E-state index in [0.717, 1.165) is 44.5 Å². The zero-order chi connectivity index (χ0) is 21.1. The molecule has 0 saturated carbocycles. The normalized spacial score (nSPS) is 22.8. The molecule has 8 nitrogen and oxygen atoms in total. The van der Waals surface area contributed by atoms with Gasteiger partial charge in [-0.1, -0.05) is 13.0 Å². The van der Waals surface area contributed by atoms with Crippen LogP contribution in [-0.2, 0) is 4.79 Å². The molecule has 5 amide bonds. The SMILES string of the molecule is CC1CCN(C(=O)C2CCCN(C(=O)Nc3cccc(N4CCNC4=O)c3)C2)CC1. The minimum Gasteiger partial charge on any atom is -0.342 e. The van der Waals surface area contributed by atoms with E-state index in [0.29, 0.717) is 37.8 Å². The van der Waals surface area contributed by atoms with Crippen molar-refractivity contribution < 1.29 is 14.4 Å². The van der Waals surface area contributed by atoms with E-state index in [-0.39, 0.29) is 23.9 Å². The van der Waals surface area contributed by atoms with Gasteiger partial charge in [0.1, 0.15) is 0 Å². The molecule has 0 bridgehead atoms. The number of anilines is 2. The van der Waals surface area contributed by atoms with E-state index in [1.807, 2.05) is 29.2 Å². The molecule has 1 unspecified atom stereocenters. The fourth-order valence-electron chi connectivity index (χ4n) is 4.52. The van der Waals surface area contributed by atoms with Gasteiger partial charge in [-0.2, -0.15) is 0 Å². The second-order valence-electron chi connectivity index (χ2n) is 8.66. The van der Waals surface area contributed by atoms with Gasteiger partial charge >= 0.3 is 12.1 Å². The molecule has 1 aromatic carbocycles. The van der Waals surface area contributed by atoms with Crippen molar-refractivity contribution in [2.45, 2.75) is 32.6 Å². The van der Waals surface area contributed by atoms with Gasteiger partial charge < -0.3 is 20.4 Å². The molecule has 0 radical (unpaired) electrons. The summed E-state index contributed by atoms with van der Waals surface area (Å²) in [5, 5.41) is 5.72. The molecule has 0 aliphatic carbocycles. The number of carbonyl (C=O) groups is 3. The number of piperidine rings is 2. The van der Waals surface area contributed by atoms with E-state index in [4.69, 9.17) is 0 Å². The second kappa shape index (κ2) is 8.93. The van der Waals surface area contributed by atoms with Crippen molar-refractivity contribution in [3.05, 3.63) is 24.3 Å². The van der Waals surface area contributed by atoms with Crippen LogP contribution in [0.2, 0.25) is 0 Å². The number of hydrogen-bond acceptors (Lipinski definition) is 3. The lowest BCUT2D eigenvalue weighted by molar-refractivity contribution is -0.138. The summed E-state index contributed by atoms with van der Waals surface area (Å²) in [7, 11) is 0. The van der Waals surface area contributed by atoms with Gasteiger partial charge in [0.05, 0.1) is 5.92 Å². The number of benzene rings is 1. The quantitative estimate of drug-likeness (QED) is 0.799. The summed E-state index contributed by atoms with van der Waals surface area (Å²) in [5.74, 6) is 0.768. The zero-order valence-electron chi connectivity index (χ0n) is 17.6. The highest BCUT2D eigenvalue weighted by Crippen LogP contribution is 2.25. The molecule has 3 aliphatic rings.